The van der Waals surface area contributed by atoms with E-state index in [9.17, 15) is 13.2 Å². The van der Waals surface area contributed by atoms with Crippen LogP contribution in [0.4, 0.5) is 5.69 Å². The van der Waals surface area contributed by atoms with Crippen molar-refractivity contribution in [3.05, 3.63) is 53.1 Å². The van der Waals surface area contributed by atoms with E-state index in [1.165, 1.54) is 12.1 Å². The van der Waals surface area contributed by atoms with Gasteiger partial charge in [-0.1, -0.05) is 11.6 Å². The second-order valence-corrected chi connectivity index (χ2v) is 8.62. The van der Waals surface area contributed by atoms with Gasteiger partial charge in [-0.05, 0) is 68.7 Å². The fourth-order valence-electron chi connectivity index (χ4n) is 3.12. The molecule has 1 N–H and O–H groups in total. The Morgan fingerprint density at radius 2 is 1.79 bits per heavy atom. The van der Waals surface area contributed by atoms with Crippen molar-refractivity contribution in [1.82, 2.24) is 4.90 Å². The highest BCUT2D eigenvalue weighted by atomic mass is 35.5. The SMILES string of the molecule is CCOc1ccc(NS(=O)(=O)c2cc(C(=O)N3CCCCC3)ccc2Cl)cc1. The van der Waals surface area contributed by atoms with Gasteiger partial charge in [0, 0.05) is 24.3 Å². The minimum Gasteiger partial charge on any atom is -0.494 e. The summed E-state index contributed by atoms with van der Waals surface area (Å²) >= 11 is 6.14. The third-order valence-electron chi connectivity index (χ3n) is 4.53. The fourth-order valence-corrected chi connectivity index (χ4v) is 4.70. The number of nitrogens with zero attached hydrogens (tertiary/aromatic N) is 1. The molecule has 0 saturated carbocycles. The molecule has 0 aromatic heterocycles. The Balaban J connectivity index is 1.83. The Bertz CT molecular complexity index is 939. The Labute approximate surface area is 170 Å². The van der Waals surface area contributed by atoms with Crippen molar-refractivity contribution in [2.45, 2.75) is 31.1 Å². The number of hydrogen-bond acceptors (Lipinski definition) is 4. The van der Waals surface area contributed by atoms with Crippen molar-refractivity contribution in [1.29, 1.82) is 0 Å². The average Bonchev–Trinajstić information content (AvgIpc) is 2.70. The van der Waals surface area contributed by atoms with Gasteiger partial charge in [0.2, 0.25) is 0 Å². The normalized spacial score (nSPS) is 14.6. The van der Waals surface area contributed by atoms with Crippen LogP contribution in [-0.4, -0.2) is 38.9 Å². The number of sulfonamides is 1. The summed E-state index contributed by atoms with van der Waals surface area (Å²) in [5.74, 6) is 0.478. The number of halogens is 1. The maximum atomic E-state index is 12.8. The molecule has 3 rings (SSSR count). The van der Waals surface area contributed by atoms with Crippen LogP contribution in [0, 0.1) is 0 Å². The molecule has 1 heterocycles. The molecule has 2 aromatic rings. The Morgan fingerprint density at radius 3 is 2.43 bits per heavy atom. The Kier molecular flexibility index (Phi) is 6.46. The van der Waals surface area contributed by atoms with E-state index < -0.39 is 10.0 Å². The predicted molar refractivity (Wildman–Crippen MR) is 110 cm³/mol. The number of hydrogen-bond donors (Lipinski definition) is 1. The lowest BCUT2D eigenvalue weighted by Crippen LogP contribution is -2.35. The molecule has 0 unspecified atom stereocenters. The summed E-state index contributed by atoms with van der Waals surface area (Å²) < 4.78 is 33.5. The van der Waals surface area contributed by atoms with Gasteiger partial charge < -0.3 is 9.64 Å². The largest absolute Gasteiger partial charge is 0.494 e. The zero-order valence-electron chi connectivity index (χ0n) is 15.7. The quantitative estimate of drug-likeness (QED) is 0.758. The third kappa shape index (κ3) is 4.77. The zero-order valence-corrected chi connectivity index (χ0v) is 17.2. The summed E-state index contributed by atoms with van der Waals surface area (Å²) in [6.45, 7) is 3.78. The van der Waals surface area contributed by atoms with Crippen LogP contribution in [0.25, 0.3) is 0 Å². The predicted octanol–water partition coefficient (Wildman–Crippen LogP) is 4.17. The molecule has 2 aromatic carbocycles. The van der Waals surface area contributed by atoms with Crippen LogP contribution in [0.5, 0.6) is 5.75 Å². The van der Waals surface area contributed by atoms with Gasteiger partial charge in [-0.25, -0.2) is 8.42 Å². The van der Waals surface area contributed by atoms with Crippen molar-refractivity contribution < 1.29 is 17.9 Å². The summed E-state index contributed by atoms with van der Waals surface area (Å²) in [7, 11) is -3.95. The minimum absolute atomic E-state index is 0.0635. The summed E-state index contributed by atoms with van der Waals surface area (Å²) in [6, 6.07) is 10.9. The summed E-state index contributed by atoms with van der Waals surface area (Å²) in [5.41, 5.74) is 0.700. The molecular weight excluding hydrogens is 400 g/mol. The summed E-state index contributed by atoms with van der Waals surface area (Å²) in [5, 5.41) is 0.0635. The third-order valence-corrected chi connectivity index (χ3v) is 6.39. The number of piperidine rings is 1. The van der Waals surface area contributed by atoms with Crippen molar-refractivity contribution >= 4 is 33.2 Å². The molecule has 0 atom stereocenters. The number of likely N-dealkylation sites (tertiary alicyclic amines) is 1. The first kappa shape index (κ1) is 20.5. The van der Waals surface area contributed by atoms with Crippen molar-refractivity contribution in [2.75, 3.05) is 24.4 Å². The number of carbonyl (C=O) groups is 1. The molecule has 8 heteroatoms. The van der Waals surface area contributed by atoms with Gasteiger partial charge in [-0.3, -0.25) is 9.52 Å². The standard InChI is InChI=1S/C20H23ClN2O4S/c1-2-27-17-9-7-16(8-10-17)22-28(25,26)19-14-15(6-11-18(19)21)20(24)23-12-4-3-5-13-23/h6-11,14,22H,2-5,12-13H2,1H3. The number of benzene rings is 2. The maximum absolute atomic E-state index is 12.8. The molecule has 28 heavy (non-hydrogen) atoms. The number of nitrogens with one attached hydrogen (secondary N) is 1. The summed E-state index contributed by atoms with van der Waals surface area (Å²) in [4.78, 5) is 14.3. The Morgan fingerprint density at radius 1 is 1.11 bits per heavy atom. The van der Waals surface area contributed by atoms with E-state index in [4.69, 9.17) is 16.3 Å². The first-order valence-corrected chi connectivity index (χ1v) is 11.1. The van der Waals surface area contributed by atoms with E-state index in [0.717, 1.165) is 19.3 Å². The molecule has 1 aliphatic heterocycles. The second-order valence-electron chi connectivity index (χ2n) is 6.56. The molecular formula is C20H23ClN2O4S. The van der Waals surface area contributed by atoms with Gasteiger partial charge in [0.25, 0.3) is 15.9 Å². The number of rotatable bonds is 6. The number of anilines is 1. The first-order valence-electron chi connectivity index (χ1n) is 9.25. The topological polar surface area (TPSA) is 75.7 Å². The molecule has 150 valence electrons. The molecule has 0 bridgehead atoms. The lowest BCUT2D eigenvalue weighted by molar-refractivity contribution is 0.0724. The maximum Gasteiger partial charge on any atom is 0.263 e. The van der Waals surface area contributed by atoms with Crippen LogP contribution >= 0.6 is 11.6 Å². The van der Waals surface area contributed by atoms with Crippen molar-refractivity contribution in [3.8, 4) is 5.75 Å². The van der Waals surface area contributed by atoms with Gasteiger partial charge >= 0.3 is 0 Å². The molecule has 1 aliphatic rings. The summed E-state index contributed by atoms with van der Waals surface area (Å²) in [6.07, 6.45) is 3.03. The van der Waals surface area contributed by atoms with Gasteiger partial charge in [-0.15, -0.1) is 0 Å². The lowest BCUT2D eigenvalue weighted by atomic mass is 10.1. The van der Waals surface area contributed by atoms with Crippen LogP contribution in [-0.2, 0) is 10.0 Å². The van der Waals surface area contributed by atoms with E-state index >= 15 is 0 Å². The molecule has 1 fully saturated rings. The van der Waals surface area contributed by atoms with Gasteiger partial charge in [0.15, 0.2) is 0 Å². The van der Waals surface area contributed by atoms with Crippen LogP contribution in [0.2, 0.25) is 5.02 Å². The van der Waals surface area contributed by atoms with E-state index in [1.54, 1.807) is 35.2 Å². The van der Waals surface area contributed by atoms with Crippen LogP contribution in [0.3, 0.4) is 0 Å². The number of amides is 1. The highest BCUT2D eigenvalue weighted by Gasteiger charge is 2.23. The van der Waals surface area contributed by atoms with E-state index in [-0.39, 0.29) is 15.8 Å². The Hall–Kier alpha value is -2.25. The van der Waals surface area contributed by atoms with Crippen LogP contribution in [0.1, 0.15) is 36.5 Å². The molecule has 0 spiro atoms. The molecule has 0 radical (unpaired) electrons. The van der Waals surface area contributed by atoms with Crippen molar-refractivity contribution in [2.24, 2.45) is 0 Å². The van der Waals surface area contributed by atoms with Gasteiger partial charge in [-0.2, -0.15) is 0 Å². The second kappa shape index (κ2) is 8.84. The number of ether oxygens (including phenoxy) is 1. The van der Waals surface area contributed by atoms with E-state index in [2.05, 4.69) is 4.72 Å². The lowest BCUT2D eigenvalue weighted by Gasteiger charge is -2.27. The smallest absolute Gasteiger partial charge is 0.263 e. The zero-order chi connectivity index (χ0) is 20.1. The average molecular weight is 423 g/mol. The first-order chi connectivity index (χ1) is 13.4. The van der Waals surface area contributed by atoms with Crippen molar-refractivity contribution in [3.63, 3.8) is 0 Å². The van der Waals surface area contributed by atoms with Gasteiger partial charge in [0.05, 0.1) is 11.6 Å². The van der Waals surface area contributed by atoms with Gasteiger partial charge in [0.1, 0.15) is 10.6 Å². The van der Waals surface area contributed by atoms with Crippen LogP contribution < -0.4 is 9.46 Å². The van der Waals surface area contributed by atoms with E-state index in [1.807, 2.05) is 6.92 Å². The van der Waals surface area contributed by atoms with Crippen LogP contribution in [0.15, 0.2) is 47.4 Å². The monoisotopic (exact) mass is 422 g/mol. The molecule has 1 amide bonds. The highest BCUT2D eigenvalue weighted by Crippen LogP contribution is 2.27. The number of carbonyl (C=O) groups excluding carboxylic acids is 1. The molecule has 0 aliphatic carbocycles. The fraction of sp³-hybridized carbons (Fsp3) is 0.350. The highest BCUT2D eigenvalue weighted by molar-refractivity contribution is 7.92. The minimum atomic E-state index is -3.95. The molecule has 6 nitrogen and oxygen atoms in total. The molecule has 1 saturated heterocycles. The van der Waals surface area contributed by atoms with E-state index in [0.29, 0.717) is 36.7 Å².